The van der Waals surface area contributed by atoms with E-state index in [2.05, 4.69) is 4.98 Å². The third kappa shape index (κ3) is 3.20. The summed E-state index contributed by atoms with van der Waals surface area (Å²) in [7, 11) is 1.64. The molecule has 2 rings (SSSR count). The number of pyridine rings is 1. The predicted molar refractivity (Wildman–Crippen MR) is 75.9 cm³/mol. The summed E-state index contributed by atoms with van der Waals surface area (Å²) in [5, 5.41) is 0. The molecule has 0 spiro atoms. The van der Waals surface area contributed by atoms with Crippen molar-refractivity contribution >= 4 is 5.91 Å². The molecule has 1 aromatic carbocycles. The Labute approximate surface area is 118 Å². The number of hydrogen-bond acceptors (Lipinski definition) is 2. The number of rotatable bonds is 3. The normalized spacial score (nSPS) is 10.4. The first-order valence-electron chi connectivity index (χ1n) is 6.41. The molecule has 104 valence electrons. The van der Waals surface area contributed by atoms with E-state index >= 15 is 0 Å². The van der Waals surface area contributed by atoms with Crippen LogP contribution in [0.3, 0.4) is 0 Å². The SMILES string of the molecule is Cc1ccc(C(=O)N(C)Cc2cccc(C)n2)c(F)c1. The molecule has 1 aromatic heterocycles. The number of aryl methyl sites for hydroxylation is 2. The maximum Gasteiger partial charge on any atom is 0.256 e. The van der Waals surface area contributed by atoms with Crippen molar-refractivity contribution in [1.82, 2.24) is 9.88 Å². The largest absolute Gasteiger partial charge is 0.336 e. The fourth-order valence-electron chi connectivity index (χ4n) is 2.00. The number of carbonyl (C=O) groups excluding carboxylic acids is 1. The van der Waals surface area contributed by atoms with Crippen molar-refractivity contribution in [3.63, 3.8) is 0 Å². The average molecular weight is 272 g/mol. The quantitative estimate of drug-likeness (QED) is 0.860. The van der Waals surface area contributed by atoms with Crippen molar-refractivity contribution in [1.29, 1.82) is 0 Å². The Hall–Kier alpha value is -2.23. The molecule has 0 atom stereocenters. The topological polar surface area (TPSA) is 33.2 Å². The van der Waals surface area contributed by atoms with E-state index in [-0.39, 0.29) is 11.5 Å². The lowest BCUT2D eigenvalue weighted by molar-refractivity contribution is 0.0778. The van der Waals surface area contributed by atoms with Gasteiger partial charge in [-0.3, -0.25) is 9.78 Å². The molecule has 0 aliphatic heterocycles. The highest BCUT2D eigenvalue weighted by Crippen LogP contribution is 2.13. The van der Waals surface area contributed by atoms with Gasteiger partial charge in [-0.25, -0.2) is 4.39 Å². The summed E-state index contributed by atoms with van der Waals surface area (Å²) in [4.78, 5) is 18.0. The van der Waals surface area contributed by atoms with Gasteiger partial charge in [0.15, 0.2) is 0 Å². The summed E-state index contributed by atoms with van der Waals surface area (Å²) in [5.41, 5.74) is 2.56. The van der Waals surface area contributed by atoms with E-state index in [4.69, 9.17) is 0 Å². The van der Waals surface area contributed by atoms with Crippen LogP contribution in [0.4, 0.5) is 4.39 Å². The maximum absolute atomic E-state index is 13.8. The highest BCUT2D eigenvalue weighted by Gasteiger charge is 2.16. The highest BCUT2D eigenvalue weighted by atomic mass is 19.1. The van der Waals surface area contributed by atoms with Crippen LogP contribution in [-0.4, -0.2) is 22.8 Å². The van der Waals surface area contributed by atoms with Crippen LogP contribution in [0.2, 0.25) is 0 Å². The maximum atomic E-state index is 13.8. The van der Waals surface area contributed by atoms with Gasteiger partial charge in [0.25, 0.3) is 5.91 Å². The lowest BCUT2D eigenvalue weighted by Gasteiger charge is -2.17. The van der Waals surface area contributed by atoms with Crippen molar-refractivity contribution in [2.24, 2.45) is 0 Å². The van der Waals surface area contributed by atoms with E-state index in [9.17, 15) is 9.18 Å². The number of aromatic nitrogens is 1. The molecule has 0 saturated heterocycles. The number of benzene rings is 1. The summed E-state index contributed by atoms with van der Waals surface area (Å²) >= 11 is 0. The molecule has 2 aromatic rings. The number of halogens is 1. The molecular formula is C16H17FN2O. The summed E-state index contributed by atoms with van der Waals surface area (Å²) in [5.74, 6) is -0.829. The first kappa shape index (κ1) is 14.2. The number of hydrogen-bond donors (Lipinski definition) is 0. The Bertz CT molecular complexity index is 640. The Morgan fingerprint density at radius 2 is 2.00 bits per heavy atom. The fourth-order valence-corrected chi connectivity index (χ4v) is 2.00. The van der Waals surface area contributed by atoms with Crippen LogP contribution >= 0.6 is 0 Å². The second-order valence-corrected chi connectivity index (χ2v) is 4.91. The zero-order chi connectivity index (χ0) is 14.7. The van der Waals surface area contributed by atoms with Crippen LogP contribution in [0.5, 0.6) is 0 Å². The third-order valence-electron chi connectivity index (χ3n) is 3.05. The van der Waals surface area contributed by atoms with E-state index in [0.717, 1.165) is 17.0 Å². The van der Waals surface area contributed by atoms with Gasteiger partial charge >= 0.3 is 0 Å². The highest BCUT2D eigenvalue weighted by molar-refractivity contribution is 5.94. The molecule has 0 radical (unpaired) electrons. The van der Waals surface area contributed by atoms with Crippen LogP contribution in [0, 0.1) is 19.7 Å². The Morgan fingerprint density at radius 1 is 1.25 bits per heavy atom. The first-order chi connectivity index (χ1) is 9.47. The van der Waals surface area contributed by atoms with Crippen molar-refractivity contribution in [2.45, 2.75) is 20.4 Å². The molecule has 3 nitrogen and oxygen atoms in total. The van der Waals surface area contributed by atoms with Gasteiger partial charge in [-0.2, -0.15) is 0 Å². The molecule has 20 heavy (non-hydrogen) atoms. The van der Waals surface area contributed by atoms with Gasteiger partial charge in [-0.15, -0.1) is 0 Å². The second-order valence-electron chi connectivity index (χ2n) is 4.91. The molecule has 1 heterocycles. The lowest BCUT2D eigenvalue weighted by Crippen LogP contribution is -2.27. The molecule has 0 fully saturated rings. The average Bonchev–Trinajstić information content (AvgIpc) is 2.38. The molecular weight excluding hydrogens is 255 g/mol. The monoisotopic (exact) mass is 272 g/mol. The minimum absolute atomic E-state index is 0.0887. The van der Waals surface area contributed by atoms with Crippen LogP contribution in [-0.2, 0) is 6.54 Å². The van der Waals surface area contributed by atoms with E-state index in [1.807, 2.05) is 25.1 Å². The smallest absolute Gasteiger partial charge is 0.256 e. The van der Waals surface area contributed by atoms with E-state index in [1.165, 1.54) is 17.0 Å². The minimum atomic E-state index is -0.487. The zero-order valence-electron chi connectivity index (χ0n) is 11.9. The van der Waals surface area contributed by atoms with Crippen LogP contribution < -0.4 is 0 Å². The van der Waals surface area contributed by atoms with Crippen LogP contribution in [0.1, 0.15) is 27.3 Å². The van der Waals surface area contributed by atoms with Gasteiger partial charge in [0.2, 0.25) is 0 Å². The lowest BCUT2D eigenvalue weighted by atomic mass is 10.1. The Kier molecular flexibility index (Phi) is 4.13. The van der Waals surface area contributed by atoms with E-state index in [0.29, 0.717) is 6.54 Å². The molecule has 0 N–H and O–H groups in total. The van der Waals surface area contributed by atoms with Gasteiger partial charge in [-0.1, -0.05) is 12.1 Å². The molecule has 1 amide bonds. The standard InChI is InChI=1S/C16H17FN2O/c1-11-7-8-14(15(17)9-11)16(20)19(3)10-13-6-4-5-12(2)18-13/h4-9H,10H2,1-3H3. The van der Waals surface area contributed by atoms with Crippen LogP contribution in [0.15, 0.2) is 36.4 Å². The van der Waals surface area contributed by atoms with E-state index < -0.39 is 5.82 Å². The van der Waals surface area contributed by atoms with E-state index in [1.54, 1.807) is 20.0 Å². The molecule has 0 unspecified atom stereocenters. The molecule has 0 aliphatic rings. The fraction of sp³-hybridized carbons (Fsp3) is 0.250. The van der Waals surface area contributed by atoms with Gasteiger partial charge in [0, 0.05) is 12.7 Å². The van der Waals surface area contributed by atoms with Gasteiger partial charge in [0.05, 0.1) is 17.8 Å². The number of nitrogens with zero attached hydrogens (tertiary/aromatic N) is 2. The summed E-state index contributed by atoms with van der Waals surface area (Å²) in [6, 6.07) is 10.3. The van der Waals surface area contributed by atoms with Crippen molar-refractivity contribution in [3.05, 3.63) is 64.7 Å². The number of amides is 1. The first-order valence-corrected chi connectivity index (χ1v) is 6.41. The van der Waals surface area contributed by atoms with Crippen molar-refractivity contribution in [2.75, 3.05) is 7.05 Å². The molecule has 0 aliphatic carbocycles. The Morgan fingerprint density at radius 3 is 2.65 bits per heavy atom. The van der Waals surface area contributed by atoms with Crippen LogP contribution in [0.25, 0.3) is 0 Å². The van der Waals surface area contributed by atoms with Gasteiger partial charge in [-0.05, 0) is 43.7 Å². The summed E-state index contributed by atoms with van der Waals surface area (Å²) < 4.78 is 13.8. The summed E-state index contributed by atoms with van der Waals surface area (Å²) in [6.45, 7) is 4.04. The molecule has 4 heteroatoms. The van der Waals surface area contributed by atoms with Gasteiger partial charge in [0.1, 0.15) is 5.82 Å². The van der Waals surface area contributed by atoms with Crippen molar-refractivity contribution in [3.8, 4) is 0 Å². The zero-order valence-corrected chi connectivity index (χ0v) is 11.9. The van der Waals surface area contributed by atoms with Gasteiger partial charge < -0.3 is 4.90 Å². The third-order valence-corrected chi connectivity index (χ3v) is 3.05. The molecule has 0 saturated carbocycles. The number of carbonyl (C=O) groups is 1. The Balaban J connectivity index is 2.16. The molecule has 0 bridgehead atoms. The predicted octanol–water partition coefficient (Wildman–Crippen LogP) is 3.11. The minimum Gasteiger partial charge on any atom is -0.336 e. The second kappa shape index (κ2) is 5.82. The van der Waals surface area contributed by atoms with Crippen molar-refractivity contribution < 1.29 is 9.18 Å². The summed E-state index contributed by atoms with van der Waals surface area (Å²) in [6.07, 6.45) is 0.